The van der Waals surface area contributed by atoms with Crippen LogP contribution >= 0.6 is 0 Å². The second kappa shape index (κ2) is 21.4. The topological polar surface area (TPSA) is 44.0 Å². The summed E-state index contributed by atoms with van der Waals surface area (Å²) >= 11 is 0. The van der Waals surface area contributed by atoms with Crippen molar-refractivity contribution in [2.75, 3.05) is 0 Å². The summed E-state index contributed by atoms with van der Waals surface area (Å²) in [7, 11) is 0. The minimum absolute atomic E-state index is 0. The van der Waals surface area contributed by atoms with Crippen molar-refractivity contribution in [3.63, 3.8) is 0 Å². The normalized spacial score (nSPS) is 1.40. The van der Waals surface area contributed by atoms with Crippen molar-refractivity contribution < 1.29 is 21.9 Å². The van der Waals surface area contributed by atoms with E-state index in [0.29, 0.717) is 0 Å². The molecule has 0 atom stereocenters. The van der Waals surface area contributed by atoms with Crippen LogP contribution in [0.25, 0.3) is 0 Å². The summed E-state index contributed by atoms with van der Waals surface area (Å²) in [4.78, 5) is 0. The first-order valence-corrected chi connectivity index (χ1v) is 0.447. The third-order valence-corrected chi connectivity index (χ3v) is 0. The molecule has 0 saturated carbocycles. The molecule has 4 heteroatoms. The molecule has 0 heterocycles. The van der Waals surface area contributed by atoms with Gasteiger partial charge in [0.2, 0.25) is 0 Å². The molecule has 2 nitrogen and oxygen atoms in total. The van der Waals surface area contributed by atoms with E-state index in [2.05, 4.69) is 0 Å². The third kappa shape index (κ3) is 59.1. The standard InChI is InChI=1S/CHNO.Co.Na.H/c2-1-3;;;/h3H;;;. The molecular weight excluding hydrogens is 124 g/mol. The van der Waals surface area contributed by atoms with Crippen LogP contribution < -0.4 is 0 Å². The molecule has 1 radical (unpaired) electrons. The first kappa shape index (κ1) is 17.1. The third-order valence-electron chi connectivity index (χ3n) is 0. The summed E-state index contributed by atoms with van der Waals surface area (Å²) in [5.41, 5.74) is 0. The number of hydrogen-bond donors (Lipinski definition) is 1. The van der Waals surface area contributed by atoms with E-state index >= 15 is 0 Å². The second-order valence-electron chi connectivity index (χ2n) is 0.100. The van der Waals surface area contributed by atoms with Crippen LogP contribution in [0.2, 0.25) is 0 Å². The van der Waals surface area contributed by atoms with E-state index in [1.807, 2.05) is 0 Å². The predicted molar refractivity (Wildman–Crippen MR) is 14.7 cm³/mol. The van der Waals surface area contributed by atoms with E-state index in [1.54, 1.807) is 0 Å². The van der Waals surface area contributed by atoms with Crippen molar-refractivity contribution in [2.24, 2.45) is 0 Å². The van der Waals surface area contributed by atoms with Crippen molar-refractivity contribution >= 4 is 29.6 Å². The summed E-state index contributed by atoms with van der Waals surface area (Å²) < 4.78 is 0. The molecule has 0 aliphatic heterocycles. The molecule has 0 spiro atoms. The van der Waals surface area contributed by atoms with Gasteiger partial charge in [0.05, 0.1) is 0 Å². The molecule has 5 heavy (non-hydrogen) atoms. The van der Waals surface area contributed by atoms with Gasteiger partial charge in [0, 0.05) is 16.8 Å². The summed E-state index contributed by atoms with van der Waals surface area (Å²) in [5, 5.41) is 13.8. The van der Waals surface area contributed by atoms with Crippen LogP contribution in [-0.2, 0) is 16.8 Å². The summed E-state index contributed by atoms with van der Waals surface area (Å²) in [6.07, 6.45) is 0.750. The molecule has 0 unspecified atom stereocenters. The van der Waals surface area contributed by atoms with Crippen LogP contribution in [0.3, 0.4) is 0 Å². The van der Waals surface area contributed by atoms with Gasteiger partial charge in [0.1, 0.15) is 0 Å². The van der Waals surface area contributed by atoms with Gasteiger partial charge in [-0.2, -0.15) is 5.26 Å². The number of aliphatic hydroxyl groups excluding tert-OH is 1. The number of nitriles is 1. The molecule has 0 aliphatic carbocycles. The van der Waals surface area contributed by atoms with Crippen molar-refractivity contribution in [2.45, 2.75) is 0 Å². The minimum atomic E-state index is 0. The van der Waals surface area contributed by atoms with Gasteiger partial charge in [0.25, 0.3) is 6.26 Å². The molecule has 0 saturated heterocycles. The maximum atomic E-state index is 6.88. The summed E-state index contributed by atoms with van der Waals surface area (Å²) in [5.74, 6) is 0. The summed E-state index contributed by atoms with van der Waals surface area (Å²) in [6.45, 7) is 0. The molecule has 0 aliphatic rings. The quantitative estimate of drug-likeness (QED) is 0.340. The molecule has 0 aromatic heterocycles. The Morgan fingerprint density at radius 3 is 1.60 bits per heavy atom. The average molecular weight is 126 g/mol. The molecule has 0 bridgehead atoms. The van der Waals surface area contributed by atoms with E-state index in [-0.39, 0.29) is 46.3 Å². The van der Waals surface area contributed by atoms with Crippen molar-refractivity contribution in [1.29, 1.82) is 5.26 Å². The van der Waals surface area contributed by atoms with Gasteiger partial charge in [-0.05, 0) is 0 Å². The van der Waals surface area contributed by atoms with Crippen LogP contribution in [0.4, 0.5) is 0 Å². The van der Waals surface area contributed by atoms with Crippen LogP contribution in [0.1, 0.15) is 0 Å². The van der Waals surface area contributed by atoms with Crippen molar-refractivity contribution in [3.8, 4) is 6.26 Å². The number of hydrogen-bond acceptors (Lipinski definition) is 2. The van der Waals surface area contributed by atoms with Crippen molar-refractivity contribution in [1.82, 2.24) is 0 Å². The van der Waals surface area contributed by atoms with Gasteiger partial charge in [0.15, 0.2) is 0 Å². The molecule has 0 aromatic carbocycles. The van der Waals surface area contributed by atoms with E-state index in [1.165, 1.54) is 0 Å². The Morgan fingerprint density at radius 2 is 1.60 bits per heavy atom. The Kier molecular flexibility index (Phi) is 73.1. The van der Waals surface area contributed by atoms with Gasteiger partial charge in [-0.1, -0.05) is 0 Å². The molecule has 27 valence electrons. The Labute approximate surface area is 62.7 Å². The molecule has 0 aromatic rings. The van der Waals surface area contributed by atoms with Gasteiger partial charge >= 0.3 is 29.6 Å². The predicted octanol–water partition coefficient (Wildman–Crippen LogP) is -0.811. The van der Waals surface area contributed by atoms with Crippen molar-refractivity contribution in [3.05, 3.63) is 0 Å². The first-order chi connectivity index (χ1) is 1.41. The Bertz CT molecular complexity index is 33.1. The number of rotatable bonds is 0. The Hall–Kier alpha value is 0.796. The molecule has 0 amide bonds. The fourth-order valence-electron chi connectivity index (χ4n) is 0. The monoisotopic (exact) mass is 126 g/mol. The average Bonchev–Trinajstić information content (AvgIpc) is 0.918. The molecule has 0 rings (SSSR count). The van der Waals surface area contributed by atoms with Crippen LogP contribution in [0.15, 0.2) is 0 Å². The van der Waals surface area contributed by atoms with E-state index in [9.17, 15) is 0 Å². The fraction of sp³-hybridized carbons (Fsp3) is 0. The zero-order chi connectivity index (χ0) is 2.71. The van der Waals surface area contributed by atoms with Gasteiger partial charge in [-0.15, -0.1) is 0 Å². The van der Waals surface area contributed by atoms with Gasteiger partial charge < -0.3 is 5.11 Å². The number of nitrogens with zero attached hydrogens (tertiary/aromatic N) is 1. The zero-order valence-electron chi connectivity index (χ0n) is 1.73. The van der Waals surface area contributed by atoms with E-state index in [0.717, 1.165) is 6.26 Å². The van der Waals surface area contributed by atoms with E-state index < -0.39 is 0 Å². The van der Waals surface area contributed by atoms with E-state index in [4.69, 9.17) is 10.4 Å². The van der Waals surface area contributed by atoms with Gasteiger partial charge in [-0.3, -0.25) is 0 Å². The molecule has 1 N–H and O–H groups in total. The second-order valence-corrected chi connectivity index (χ2v) is 0.100. The van der Waals surface area contributed by atoms with Crippen LogP contribution in [0, 0.1) is 11.5 Å². The number of aliphatic hydroxyl groups is 1. The maximum absolute atomic E-state index is 6.88. The first-order valence-electron chi connectivity index (χ1n) is 0.447. The van der Waals surface area contributed by atoms with Crippen LogP contribution in [0.5, 0.6) is 0 Å². The zero-order valence-corrected chi connectivity index (χ0v) is 2.77. The summed E-state index contributed by atoms with van der Waals surface area (Å²) in [6, 6.07) is 0. The van der Waals surface area contributed by atoms with Gasteiger partial charge in [-0.25, -0.2) is 0 Å². The Balaban J connectivity index is -0.0000000200. The SMILES string of the molecule is N#CO.[Co].[NaH]. The van der Waals surface area contributed by atoms with Crippen LogP contribution in [-0.4, -0.2) is 34.7 Å². The molecule has 0 fully saturated rings. The Morgan fingerprint density at radius 1 is 1.60 bits per heavy atom. The fourth-order valence-corrected chi connectivity index (χ4v) is 0. The molecular formula is CH2CoNNaO.